The highest BCUT2D eigenvalue weighted by molar-refractivity contribution is 5.93. The van der Waals surface area contributed by atoms with E-state index in [-0.39, 0.29) is 11.6 Å². The van der Waals surface area contributed by atoms with Crippen LogP contribution in [0.3, 0.4) is 0 Å². The maximum atomic E-state index is 15.0. The Hall–Kier alpha value is -4.06. The molecular formula is C27H22F2N4. The van der Waals surface area contributed by atoms with Gasteiger partial charge >= 0.3 is 0 Å². The summed E-state index contributed by atoms with van der Waals surface area (Å²) in [7, 11) is 1.93. The monoisotopic (exact) mass is 440 g/mol. The van der Waals surface area contributed by atoms with Crippen molar-refractivity contribution in [2.45, 2.75) is 13.8 Å². The molecule has 0 radical (unpaired) electrons. The molecule has 1 N–H and O–H groups in total. The molecule has 2 aromatic heterocycles. The fraction of sp³-hybridized carbons (Fsp3) is 0.111. The number of benzene rings is 3. The lowest BCUT2D eigenvalue weighted by Gasteiger charge is -2.11. The molecule has 0 atom stereocenters. The van der Waals surface area contributed by atoms with E-state index >= 15 is 0 Å². The van der Waals surface area contributed by atoms with E-state index in [2.05, 4.69) is 16.4 Å². The van der Waals surface area contributed by atoms with Gasteiger partial charge in [-0.3, -0.25) is 4.98 Å². The predicted molar refractivity (Wildman–Crippen MR) is 128 cm³/mol. The topological polar surface area (TPSA) is 42.7 Å². The van der Waals surface area contributed by atoms with Gasteiger partial charge in [-0.15, -0.1) is 0 Å². The number of pyridine rings is 1. The number of aromatic nitrogens is 3. The van der Waals surface area contributed by atoms with Crippen molar-refractivity contribution >= 4 is 22.4 Å². The van der Waals surface area contributed by atoms with Crippen LogP contribution in [0.2, 0.25) is 0 Å². The molecule has 0 amide bonds. The van der Waals surface area contributed by atoms with E-state index in [1.54, 1.807) is 30.5 Å². The van der Waals surface area contributed by atoms with Crippen LogP contribution in [0.15, 0.2) is 72.9 Å². The lowest BCUT2D eigenvalue weighted by atomic mass is 10.0. The molecule has 164 valence electrons. The maximum absolute atomic E-state index is 15.0. The second-order valence-electron chi connectivity index (χ2n) is 8.19. The minimum Gasteiger partial charge on any atom is -0.354 e. The van der Waals surface area contributed by atoms with Crippen molar-refractivity contribution in [3.8, 4) is 22.5 Å². The molecule has 0 bridgehead atoms. The van der Waals surface area contributed by atoms with E-state index in [9.17, 15) is 8.78 Å². The molecule has 0 aliphatic carbocycles. The average molecular weight is 440 g/mol. The van der Waals surface area contributed by atoms with Gasteiger partial charge in [0, 0.05) is 35.8 Å². The Labute approximate surface area is 190 Å². The van der Waals surface area contributed by atoms with Gasteiger partial charge in [0.05, 0.1) is 11.2 Å². The molecule has 5 aromatic rings. The van der Waals surface area contributed by atoms with Gasteiger partial charge in [0.2, 0.25) is 0 Å². The van der Waals surface area contributed by atoms with Crippen molar-refractivity contribution in [2.75, 3.05) is 5.32 Å². The third-order valence-corrected chi connectivity index (χ3v) is 5.69. The Bertz CT molecular complexity index is 1490. The van der Waals surface area contributed by atoms with Crippen LogP contribution >= 0.6 is 0 Å². The highest BCUT2D eigenvalue weighted by Gasteiger charge is 2.15. The number of imidazole rings is 1. The van der Waals surface area contributed by atoms with Gasteiger partial charge in [0.1, 0.15) is 23.0 Å². The van der Waals surface area contributed by atoms with Gasteiger partial charge in [-0.05, 0) is 91.7 Å². The van der Waals surface area contributed by atoms with Crippen molar-refractivity contribution < 1.29 is 8.78 Å². The summed E-state index contributed by atoms with van der Waals surface area (Å²) in [6.07, 6.45) is 1.68. The van der Waals surface area contributed by atoms with Gasteiger partial charge in [0.15, 0.2) is 0 Å². The molecule has 4 nitrogen and oxygen atoms in total. The van der Waals surface area contributed by atoms with E-state index in [4.69, 9.17) is 4.98 Å². The molecule has 3 aromatic carbocycles. The Morgan fingerprint density at radius 1 is 0.848 bits per heavy atom. The molecule has 5 rings (SSSR count). The average Bonchev–Trinajstić information content (AvgIpc) is 3.11. The molecule has 2 heterocycles. The van der Waals surface area contributed by atoms with Crippen molar-refractivity contribution in [3.05, 3.63) is 95.8 Å². The number of rotatable bonds is 4. The van der Waals surface area contributed by atoms with Crippen LogP contribution in [-0.2, 0) is 7.05 Å². The Balaban J connectivity index is 1.54. The van der Waals surface area contributed by atoms with Gasteiger partial charge in [-0.2, -0.15) is 0 Å². The molecule has 0 aliphatic rings. The predicted octanol–water partition coefficient (Wildman–Crippen LogP) is 6.94. The third-order valence-electron chi connectivity index (χ3n) is 5.69. The number of nitrogens with zero attached hydrogens (tertiary/aromatic N) is 3. The van der Waals surface area contributed by atoms with Crippen LogP contribution in [0.25, 0.3) is 33.5 Å². The zero-order valence-electron chi connectivity index (χ0n) is 18.5. The minimum absolute atomic E-state index is 0.289. The van der Waals surface area contributed by atoms with Gasteiger partial charge in [-0.1, -0.05) is 0 Å². The van der Waals surface area contributed by atoms with E-state index in [0.717, 1.165) is 44.9 Å². The van der Waals surface area contributed by atoms with Crippen molar-refractivity contribution in [3.63, 3.8) is 0 Å². The zero-order chi connectivity index (χ0) is 23.1. The van der Waals surface area contributed by atoms with E-state index < -0.39 is 0 Å². The van der Waals surface area contributed by atoms with Crippen LogP contribution in [0.4, 0.5) is 20.2 Å². The van der Waals surface area contributed by atoms with Crippen LogP contribution in [-0.4, -0.2) is 14.5 Å². The standard InChI is InChI=1S/C27H22F2N4/c1-16-12-24(26-25(13-16)33(3)27(32-26)18-4-6-20(28)7-5-18)31-21-8-9-22(23(29)15-21)19-10-11-30-17(2)14-19/h4-15,31H,1-3H3. The number of nitrogens with one attached hydrogen (secondary N) is 1. The first-order valence-corrected chi connectivity index (χ1v) is 10.6. The molecule has 0 saturated carbocycles. The Morgan fingerprint density at radius 3 is 2.36 bits per heavy atom. The normalized spacial score (nSPS) is 11.2. The number of aryl methyl sites for hydroxylation is 3. The molecular weight excluding hydrogens is 418 g/mol. The van der Waals surface area contributed by atoms with Gasteiger partial charge in [0.25, 0.3) is 0 Å². The lowest BCUT2D eigenvalue weighted by Crippen LogP contribution is -1.95. The summed E-state index contributed by atoms with van der Waals surface area (Å²) in [4.78, 5) is 9.00. The SMILES string of the molecule is Cc1cc(Nc2ccc(-c3ccnc(C)c3)c(F)c2)c2nc(-c3ccc(F)cc3)n(C)c2c1. The van der Waals surface area contributed by atoms with E-state index in [1.165, 1.54) is 18.2 Å². The summed E-state index contributed by atoms with van der Waals surface area (Å²) in [5, 5.41) is 3.33. The molecule has 0 fully saturated rings. The minimum atomic E-state index is -0.317. The Morgan fingerprint density at radius 2 is 1.64 bits per heavy atom. The van der Waals surface area contributed by atoms with Crippen molar-refractivity contribution in [2.24, 2.45) is 7.05 Å². The van der Waals surface area contributed by atoms with Crippen LogP contribution in [0.5, 0.6) is 0 Å². The number of anilines is 2. The largest absolute Gasteiger partial charge is 0.354 e. The van der Waals surface area contributed by atoms with E-state index in [1.807, 2.05) is 43.7 Å². The molecule has 0 saturated heterocycles. The third kappa shape index (κ3) is 3.96. The lowest BCUT2D eigenvalue weighted by molar-refractivity contribution is 0.628. The first-order valence-electron chi connectivity index (χ1n) is 10.6. The number of fused-ring (bicyclic) bond motifs is 1. The van der Waals surface area contributed by atoms with Crippen molar-refractivity contribution in [1.82, 2.24) is 14.5 Å². The quantitative estimate of drug-likeness (QED) is 0.329. The summed E-state index contributed by atoms with van der Waals surface area (Å²) >= 11 is 0. The van der Waals surface area contributed by atoms with Crippen molar-refractivity contribution in [1.29, 1.82) is 0 Å². The molecule has 0 aliphatic heterocycles. The smallest absolute Gasteiger partial charge is 0.140 e. The van der Waals surface area contributed by atoms with Gasteiger partial charge < -0.3 is 9.88 Å². The second-order valence-corrected chi connectivity index (χ2v) is 8.19. The fourth-order valence-electron chi connectivity index (χ4n) is 4.08. The first-order chi connectivity index (χ1) is 15.9. The Kier molecular flexibility index (Phi) is 5.13. The highest BCUT2D eigenvalue weighted by atomic mass is 19.1. The summed E-state index contributed by atoms with van der Waals surface area (Å²) in [6.45, 7) is 3.89. The van der Waals surface area contributed by atoms with E-state index in [0.29, 0.717) is 11.3 Å². The van der Waals surface area contributed by atoms with Crippen LogP contribution in [0, 0.1) is 25.5 Å². The zero-order valence-corrected chi connectivity index (χ0v) is 18.5. The number of hydrogen-bond acceptors (Lipinski definition) is 3. The summed E-state index contributed by atoms with van der Waals surface area (Å²) in [6, 6.07) is 19.1. The fourth-order valence-corrected chi connectivity index (χ4v) is 4.08. The number of hydrogen-bond donors (Lipinski definition) is 1. The van der Waals surface area contributed by atoms with Gasteiger partial charge in [-0.25, -0.2) is 13.8 Å². The first kappa shape index (κ1) is 20.8. The van der Waals surface area contributed by atoms with Crippen LogP contribution < -0.4 is 5.32 Å². The molecule has 0 unspecified atom stereocenters. The molecule has 6 heteroatoms. The number of halogens is 2. The van der Waals surface area contributed by atoms with Crippen LogP contribution in [0.1, 0.15) is 11.3 Å². The molecule has 0 spiro atoms. The molecule has 33 heavy (non-hydrogen) atoms. The summed E-state index contributed by atoms with van der Waals surface area (Å²) in [5.74, 6) is 0.124. The summed E-state index contributed by atoms with van der Waals surface area (Å²) in [5.41, 5.74) is 7.12. The maximum Gasteiger partial charge on any atom is 0.140 e. The highest BCUT2D eigenvalue weighted by Crippen LogP contribution is 2.33. The second kappa shape index (κ2) is 8.13. The summed E-state index contributed by atoms with van der Waals surface area (Å²) < 4.78 is 30.3.